The third-order valence-electron chi connectivity index (χ3n) is 22.8. The number of hydrogen-bond acceptors (Lipinski definition) is 6. The van der Waals surface area contributed by atoms with Gasteiger partial charge in [-0.25, -0.2) is 29.9 Å². The van der Waals surface area contributed by atoms with Gasteiger partial charge in [0.2, 0.25) is 0 Å². The van der Waals surface area contributed by atoms with Crippen LogP contribution in [-0.4, -0.2) is 48.2 Å². The van der Waals surface area contributed by atoms with Crippen LogP contribution < -0.4 is 0 Å². The van der Waals surface area contributed by atoms with Crippen LogP contribution in [0.5, 0.6) is 0 Å². The van der Waals surface area contributed by atoms with Crippen molar-refractivity contribution in [1.29, 1.82) is 0 Å². The lowest BCUT2D eigenvalue weighted by molar-refractivity contribution is 1.07. The molecule has 6 aromatic heterocycles. The number of hydrogen-bond donors (Lipinski definition) is 0. The second kappa shape index (κ2) is 26.1. The van der Waals surface area contributed by atoms with Gasteiger partial charge in [-0.15, -0.1) is 0 Å². The van der Waals surface area contributed by atoms with Gasteiger partial charge in [-0.3, -0.25) is 0 Å². The van der Waals surface area contributed by atoms with Crippen molar-refractivity contribution in [2.75, 3.05) is 0 Å². The predicted molar refractivity (Wildman–Crippen MR) is 469 cm³/mol. The molecule has 0 atom stereocenters. The van der Waals surface area contributed by atoms with Crippen LogP contribution in [0, 0.1) is 0 Å². The Hall–Kier alpha value is -15.5. The van der Waals surface area contributed by atoms with E-state index in [1.165, 1.54) is 54.1 Å². The SMILES string of the molecule is c1ccc(-c2cccc(-c3nc(-c4ccc(-n5c6ccccc6c6cc(-n7c8ccccc8c8ccccc87)ccc65)cc4)nc(-c4cccc(-c5ccc6c(c5)c5ccccc5n6-c5ccc6c(c5)c5ccccc5n6-c5ccc(-c6nc(-c7ccccc7)nc(-c7ccc8c(ccc9ccccc98)c7)n6)cc5)c4)n3)c2)cc1. The van der Waals surface area contributed by atoms with Crippen LogP contribution in [0.4, 0.5) is 0 Å². The fraction of sp³-hybridized carbons (Fsp3) is 0. The van der Waals surface area contributed by atoms with Gasteiger partial charge in [-0.2, -0.15) is 0 Å². The fourth-order valence-electron chi connectivity index (χ4n) is 17.5. The molecular formula is C104H64N10. The Kier molecular flexibility index (Phi) is 14.8. The first kappa shape index (κ1) is 64.5. The molecule has 0 fully saturated rings. The molecule has 0 aliphatic heterocycles. The molecule has 0 aliphatic carbocycles. The first-order valence-electron chi connectivity index (χ1n) is 38.6. The van der Waals surface area contributed by atoms with E-state index < -0.39 is 0 Å². The molecule has 0 N–H and O–H groups in total. The van der Waals surface area contributed by atoms with Gasteiger partial charge in [-0.05, 0) is 189 Å². The molecule has 0 unspecified atom stereocenters. The Bertz CT molecular complexity index is 7790. The van der Waals surface area contributed by atoms with Gasteiger partial charge < -0.3 is 18.3 Å². The molecule has 10 heteroatoms. The topological polar surface area (TPSA) is 97.1 Å². The van der Waals surface area contributed by atoms with Crippen molar-refractivity contribution in [2.45, 2.75) is 0 Å². The highest BCUT2D eigenvalue weighted by Crippen LogP contribution is 2.43. The first-order chi connectivity index (χ1) is 56.5. The second-order valence-corrected chi connectivity index (χ2v) is 29.4. The Morgan fingerprint density at radius 2 is 0.404 bits per heavy atom. The molecule has 17 aromatic carbocycles. The smallest absolute Gasteiger partial charge is 0.164 e. The molecule has 23 aromatic rings. The Morgan fingerprint density at radius 3 is 0.868 bits per heavy atom. The van der Waals surface area contributed by atoms with E-state index in [9.17, 15) is 0 Å². The first-order valence-corrected chi connectivity index (χ1v) is 38.6. The molecule has 530 valence electrons. The number of fused-ring (bicyclic) bond motifs is 15. The van der Waals surface area contributed by atoms with Gasteiger partial charge in [0.15, 0.2) is 34.9 Å². The Balaban J connectivity index is 0.587. The minimum Gasteiger partial charge on any atom is -0.309 e. The average Bonchev–Trinajstić information content (AvgIpc) is 1.57. The monoisotopic (exact) mass is 1450 g/mol. The molecular weight excluding hydrogens is 1390 g/mol. The highest BCUT2D eigenvalue weighted by atomic mass is 15.1. The molecule has 0 radical (unpaired) electrons. The second-order valence-electron chi connectivity index (χ2n) is 29.4. The molecule has 0 bridgehead atoms. The van der Waals surface area contributed by atoms with E-state index in [1.54, 1.807) is 0 Å². The van der Waals surface area contributed by atoms with Crippen molar-refractivity contribution >= 4 is 109 Å². The third kappa shape index (κ3) is 10.6. The summed E-state index contributed by atoms with van der Waals surface area (Å²) in [4.78, 5) is 31.5. The minimum atomic E-state index is 0.581. The van der Waals surface area contributed by atoms with Gasteiger partial charge in [0.05, 0.1) is 44.1 Å². The van der Waals surface area contributed by atoms with E-state index in [-0.39, 0.29) is 0 Å². The molecule has 23 rings (SSSR count). The summed E-state index contributed by atoms with van der Waals surface area (Å²) in [5.41, 5.74) is 23.1. The van der Waals surface area contributed by atoms with Crippen LogP contribution in [0.15, 0.2) is 388 Å². The lowest BCUT2D eigenvalue weighted by Gasteiger charge is -2.12. The Labute approximate surface area is 654 Å². The summed E-state index contributed by atoms with van der Waals surface area (Å²) >= 11 is 0. The van der Waals surface area contributed by atoms with Crippen LogP contribution in [-0.2, 0) is 0 Å². The zero-order chi connectivity index (χ0) is 74.9. The third-order valence-corrected chi connectivity index (χ3v) is 22.8. The highest BCUT2D eigenvalue weighted by Gasteiger charge is 2.23. The van der Waals surface area contributed by atoms with Crippen molar-refractivity contribution in [1.82, 2.24) is 48.2 Å². The minimum absolute atomic E-state index is 0.581. The molecule has 0 amide bonds. The number of aromatic nitrogens is 10. The number of nitrogens with zero attached hydrogens (tertiary/aromatic N) is 10. The van der Waals surface area contributed by atoms with Crippen LogP contribution in [0.1, 0.15) is 0 Å². The summed E-state index contributed by atoms with van der Waals surface area (Å²) in [6.07, 6.45) is 0. The summed E-state index contributed by atoms with van der Waals surface area (Å²) in [6.45, 7) is 0. The predicted octanol–water partition coefficient (Wildman–Crippen LogP) is 26.1. The fourth-order valence-corrected chi connectivity index (χ4v) is 17.5. The van der Waals surface area contributed by atoms with Crippen molar-refractivity contribution in [2.24, 2.45) is 0 Å². The molecule has 0 saturated carbocycles. The Morgan fingerprint density at radius 1 is 0.132 bits per heavy atom. The van der Waals surface area contributed by atoms with Crippen molar-refractivity contribution in [3.8, 4) is 113 Å². The average molecular weight is 1450 g/mol. The van der Waals surface area contributed by atoms with E-state index in [2.05, 4.69) is 382 Å². The van der Waals surface area contributed by atoms with Gasteiger partial charge in [0.25, 0.3) is 0 Å². The maximum Gasteiger partial charge on any atom is 0.164 e. The largest absolute Gasteiger partial charge is 0.309 e. The number of benzene rings is 17. The van der Waals surface area contributed by atoms with Crippen LogP contribution in [0.3, 0.4) is 0 Å². The summed E-state index contributed by atoms with van der Waals surface area (Å²) in [5.74, 6) is 3.60. The summed E-state index contributed by atoms with van der Waals surface area (Å²) in [7, 11) is 0. The molecule has 10 nitrogen and oxygen atoms in total. The van der Waals surface area contributed by atoms with E-state index in [0.717, 1.165) is 133 Å². The normalized spacial score (nSPS) is 11.9. The van der Waals surface area contributed by atoms with Gasteiger partial charge in [-0.1, -0.05) is 243 Å². The zero-order valence-corrected chi connectivity index (χ0v) is 61.4. The van der Waals surface area contributed by atoms with E-state index in [4.69, 9.17) is 29.9 Å². The maximum atomic E-state index is 5.38. The highest BCUT2D eigenvalue weighted by molar-refractivity contribution is 6.15. The molecule has 114 heavy (non-hydrogen) atoms. The quantitative estimate of drug-likeness (QED) is 0.113. The van der Waals surface area contributed by atoms with E-state index >= 15 is 0 Å². The maximum absolute atomic E-state index is 5.38. The van der Waals surface area contributed by atoms with Crippen molar-refractivity contribution < 1.29 is 0 Å². The number of para-hydroxylation sites is 5. The standard InChI is InChI=1S/C104H64N10/c1-3-21-65(22-4-1)70-26-19-28-74(59-70)102-107-101(69-45-51-78(52-46-69)111-93-38-16-12-34-86(93)89-63-79(53-57-97(89)111)113-91-36-14-9-31-83(91)84-32-10-15-37-92(84)113)108-103(110-102)75-29-20-27-71(60-75)72-48-56-96-88(62-72)85-33-11-18-40-95(85)114(96)80-54-58-98-90(64-80)87-35-13-17-39-94(87)112(98)77-49-43-68(44-50-77)100-105-99(67-24-5-2-6-25-67)106-104(109-100)76-47-55-82-73(61-76)42-41-66-23-7-8-30-81(66)82/h1-64H. The molecule has 0 saturated heterocycles. The molecule has 6 heterocycles. The summed E-state index contributed by atoms with van der Waals surface area (Å²) in [6, 6.07) is 139. The zero-order valence-electron chi connectivity index (χ0n) is 61.4. The lowest BCUT2D eigenvalue weighted by Crippen LogP contribution is -2.01. The van der Waals surface area contributed by atoms with Crippen LogP contribution >= 0.6 is 0 Å². The number of rotatable bonds is 12. The summed E-state index contributed by atoms with van der Waals surface area (Å²) in [5, 5.41) is 14.2. The van der Waals surface area contributed by atoms with Crippen LogP contribution in [0.2, 0.25) is 0 Å². The van der Waals surface area contributed by atoms with Crippen molar-refractivity contribution in [3.63, 3.8) is 0 Å². The van der Waals surface area contributed by atoms with Gasteiger partial charge in [0, 0.05) is 99.2 Å². The van der Waals surface area contributed by atoms with Gasteiger partial charge >= 0.3 is 0 Å². The van der Waals surface area contributed by atoms with E-state index in [1.807, 2.05) is 24.3 Å². The van der Waals surface area contributed by atoms with Crippen molar-refractivity contribution in [3.05, 3.63) is 388 Å². The molecule has 0 aliphatic rings. The molecule has 0 spiro atoms. The summed E-state index contributed by atoms with van der Waals surface area (Å²) < 4.78 is 9.55. The lowest BCUT2D eigenvalue weighted by atomic mass is 10.00. The van der Waals surface area contributed by atoms with E-state index in [0.29, 0.717) is 34.9 Å². The van der Waals surface area contributed by atoms with Gasteiger partial charge in [0.1, 0.15) is 0 Å². The van der Waals surface area contributed by atoms with Crippen LogP contribution in [0.25, 0.3) is 222 Å².